The molecule has 5 heteroatoms. The minimum atomic E-state index is -0.795. The average Bonchev–Trinajstić information content (AvgIpc) is 2.09. The molecule has 0 atom stereocenters. The molecule has 0 aliphatic rings. The molecule has 0 heterocycles. The summed E-state index contributed by atoms with van der Waals surface area (Å²) in [7, 11) is 0. The first-order valence-electron chi connectivity index (χ1n) is 3.38. The molecular weight excluding hydrogens is 306 g/mol. The standard InChI is InChI=1S/C8H6ClIO3/c9-5-12-8(11)13-7-3-1-6(10)2-4-7/h1-4H,5H2. The third-order valence-electron chi connectivity index (χ3n) is 1.19. The fraction of sp³-hybridized carbons (Fsp3) is 0.125. The lowest BCUT2D eigenvalue weighted by Crippen LogP contribution is -2.09. The molecule has 0 radical (unpaired) electrons. The van der Waals surface area contributed by atoms with Crippen molar-refractivity contribution in [2.24, 2.45) is 0 Å². The van der Waals surface area contributed by atoms with Crippen LogP contribution in [0.4, 0.5) is 4.79 Å². The molecule has 0 unspecified atom stereocenters. The number of alkyl halides is 1. The second kappa shape index (κ2) is 5.29. The van der Waals surface area contributed by atoms with E-state index in [2.05, 4.69) is 27.3 Å². The van der Waals surface area contributed by atoms with E-state index in [1.165, 1.54) is 0 Å². The molecule has 0 aromatic heterocycles. The summed E-state index contributed by atoms with van der Waals surface area (Å²) < 4.78 is 10.2. The average molecular weight is 312 g/mol. The van der Waals surface area contributed by atoms with Crippen LogP contribution < -0.4 is 4.74 Å². The maximum atomic E-state index is 10.8. The van der Waals surface area contributed by atoms with E-state index in [1.807, 2.05) is 12.1 Å². The molecular formula is C8H6ClIO3. The zero-order valence-electron chi connectivity index (χ0n) is 6.50. The van der Waals surface area contributed by atoms with Gasteiger partial charge in [-0.1, -0.05) is 11.6 Å². The maximum Gasteiger partial charge on any atom is 0.515 e. The maximum absolute atomic E-state index is 10.8. The lowest BCUT2D eigenvalue weighted by atomic mass is 10.3. The van der Waals surface area contributed by atoms with Gasteiger partial charge in [0.2, 0.25) is 0 Å². The minimum absolute atomic E-state index is 0.205. The first-order chi connectivity index (χ1) is 6.22. The Kier molecular flexibility index (Phi) is 4.31. The van der Waals surface area contributed by atoms with Gasteiger partial charge in [0.05, 0.1) is 0 Å². The van der Waals surface area contributed by atoms with E-state index in [4.69, 9.17) is 16.3 Å². The Balaban J connectivity index is 2.54. The number of ether oxygens (including phenoxy) is 2. The van der Waals surface area contributed by atoms with Crippen molar-refractivity contribution in [1.82, 2.24) is 0 Å². The molecule has 13 heavy (non-hydrogen) atoms. The summed E-state index contributed by atoms with van der Waals surface area (Å²) in [5.74, 6) is 0.440. The fourth-order valence-corrected chi connectivity index (χ4v) is 1.12. The van der Waals surface area contributed by atoms with E-state index in [-0.39, 0.29) is 6.07 Å². The van der Waals surface area contributed by atoms with Crippen LogP contribution in [-0.4, -0.2) is 12.2 Å². The summed E-state index contributed by atoms with van der Waals surface area (Å²) in [6.07, 6.45) is -0.795. The third-order valence-corrected chi connectivity index (χ3v) is 2.02. The predicted molar refractivity (Wildman–Crippen MR) is 57.0 cm³/mol. The highest BCUT2D eigenvalue weighted by Crippen LogP contribution is 2.13. The zero-order valence-corrected chi connectivity index (χ0v) is 9.41. The van der Waals surface area contributed by atoms with Gasteiger partial charge < -0.3 is 9.47 Å². The van der Waals surface area contributed by atoms with Crippen LogP contribution in [0.1, 0.15) is 0 Å². The van der Waals surface area contributed by atoms with Crippen molar-refractivity contribution in [1.29, 1.82) is 0 Å². The highest BCUT2D eigenvalue weighted by molar-refractivity contribution is 14.1. The van der Waals surface area contributed by atoms with Crippen LogP contribution in [0.3, 0.4) is 0 Å². The molecule has 0 saturated carbocycles. The Hall–Kier alpha value is -0.490. The van der Waals surface area contributed by atoms with Crippen LogP contribution in [0.2, 0.25) is 0 Å². The molecule has 0 amide bonds. The lowest BCUT2D eigenvalue weighted by molar-refractivity contribution is 0.115. The van der Waals surface area contributed by atoms with Crippen LogP contribution in [0.5, 0.6) is 5.75 Å². The number of hydrogen-bond acceptors (Lipinski definition) is 3. The first-order valence-corrected chi connectivity index (χ1v) is 5.00. The minimum Gasteiger partial charge on any atom is -0.418 e. The molecule has 1 aromatic carbocycles. The summed E-state index contributed by atoms with van der Waals surface area (Å²) in [4.78, 5) is 10.8. The Labute approximate surface area is 94.1 Å². The first kappa shape index (κ1) is 10.6. The molecule has 0 N–H and O–H groups in total. The molecule has 1 aromatic rings. The second-order valence-electron chi connectivity index (χ2n) is 2.06. The molecule has 1 rings (SSSR count). The number of benzene rings is 1. The van der Waals surface area contributed by atoms with Gasteiger partial charge in [0.15, 0.2) is 6.07 Å². The van der Waals surface area contributed by atoms with Crippen molar-refractivity contribution in [2.75, 3.05) is 6.07 Å². The molecule has 0 fully saturated rings. The number of halogens is 2. The summed E-state index contributed by atoms with van der Waals surface area (Å²) in [5.41, 5.74) is 0. The van der Waals surface area contributed by atoms with Gasteiger partial charge >= 0.3 is 6.16 Å². The Morgan fingerprint density at radius 2 is 2.00 bits per heavy atom. The normalized spacial score (nSPS) is 9.38. The Bertz CT molecular complexity index is 286. The quantitative estimate of drug-likeness (QED) is 0.364. The summed E-state index contributed by atoms with van der Waals surface area (Å²) >= 11 is 7.32. The van der Waals surface area contributed by atoms with Gasteiger partial charge in [-0.15, -0.1) is 0 Å². The number of rotatable bonds is 2. The number of carbonyl (C=O) groups is 1. The smallest absolute Gasteiger partial charge is 0.418 e. The van der Waals surface area contributed by atoms with E-state index < -0.39 is 6.16 Å². The van der Waals surface area contributed by atoms with E-state index >= 15 is 0 Å². The van der Waals surface area contributed by atoms with Gasteiger partial charge in [0.1, 0.15) is 5.75 Å². The summed E-state index contributed by atoms with van der Waals surface area (Å²) in [5, 5.41) is 0. The SMILES string of the molecule is O=C(OCCl)Oc1ccc(I)cc1. The third kappa shape index (κ3) is 3.82. The number of hydrogen-bond donors (Lipinski definition) is 0. The Morgan fingerprint density at radius 1 is 1.38 bits per heavy atom. The van der Waals surface area contributed by atoms with Crippen molar-refractivity contribution in [3.63, 3.8) is 0 Å². The zero-order chi connectivity index (χ0) is 9.68. The van der Waals surface area contributed by atoms with Crippen molar-refractivity contribution >= 4 is 40.3 Å². The van der Waals surface area contributed by atoms with Crippen molar-refractivity contribution < 1.29 is 14.3 Å². The molecule has 70 valence electrons. The summed E-state index contributed by atoms with van der Waals surface area (Å²) in [6.45, 7) is 0. The molecule has 0 bridgehead atoms. The fourth-order valence-electron chi connectivity index (χ4n) is 0.673. The van der Waals surface area contributed by atoms with Gasteiger partial charge in [-0.05, 0) is 46.9 Å². The molecule has 0 saturated heterocycles. The topological polar surface area (TPSA) is 35.5 Å². The molecule has 0 aliphatic carbocycles. The van der Waals surface area contributed by atoms with Crippen LogP contribution >= 0.6 is 34.2 Å². The molecule has 0 aliphatic heterocycles. The van der Waals surface area contributed by atoms with Crippen LogP contribution in [0, 0.1) is 3.57 Å². The van der Waals surface area contributed by atoms with Gasteiger partial charge in [0.25, 0.3) is 0 Å². The largest absolute Gasteiger partial charge is 0.515 e. The van der Waals surface area contributed by atoms with Gasteiger partial charge in [-0.3, -0.25) is 0 Å². The second-order valence-corrected chi connectivity index (χ2v) is 3.52. The van der Waals surface area contributed by atoms with E-state index in [0.29, 0.717) is 5.75 Å². The van der Waals surface area contributed by atoms with E-state index in [1.54, 1.807) is 12.1 Å². The summed E-state index contributed by atoms with van der Waals surface area (Å²) in [6, 6.07) is 6.80. The van der Waals surface area contributed by atoms with Gasteiger partial charge in [-0.25, -0.2) is 4.79 Å². The van der Waals surface area contributed by atoms with Gasteiger partial charge in [-0.2, -0.15) is 0 Å². The van der Waals surface area contributed by atoms with E-state index in [0.717, 1.165) is 3.57 Å². The van der Waals surface area contributed by atoms with Crippen molar-refractivity contribution in [2.45, 2.75) is 0 Å². The van der Waals surface area contributed by atoms with Crippen LogP contribution in [-0.2, 0) is 4.74 Å². The number of carbonyl (C=O) groups excluding carboxylic acids is 1. The molecule has 3 nitrogen and oxygen atoms in total. The lowest BCUT2D eigenvalue weighted by Gasteiger charge is -2.02. The highest BCUT2D eigenvalue weighted by atomic mass is 127. The van der Waals surface area contributed by atoms with Gasteiger partial charge in [0, 0.05) is 3.57 Å². The van der Waals surface area contributed by atoms with E-state index in [9.17, 15) is 4.79 Å². The van der Waals surface area contributed by atoms with Crippen molar-refractivity contribution in [3.05, 3.63) is 27.8 Å². The van der Waals surface area contributed by atoms with Crippen LogP contribution in [0.15, 0.2) is 24.3 Å². The van der Waals surface area contributed by atoms with Crippen LogP contribution in [0.25, 0.3) is 0 Å². The highest BCUT2D eigenvalue weighted by Gasteiger charge is 2.03. The van der Waals surface area contributed by atoms with Crippen molar-refractivity contribution in [3.8, 4) is 5.75 Å². The monoisotopic (exact) mass is 312 g/mol. The Morgan fingerprint density at radius 3 is 2.54 bits per heavy atom. The predicted octanol–water partition coefficient (Wildman–Crippen LogP) is 3.00. The molecule has 0 spiro atoms.